The molecule has 0 amide bonds. The van der Waals surface area contributed by atoms with E-state index in [2.05, 4.69) is 10.2 Å². The number of hydrogen-bond acceptors (Lipinski definition) is 6. The van der Waals surface area contributed by atoms with Crippen LogP contribution < -0.4 is 4.74 Å². The van der Waals surface area contributed by atoms with E-state index < -0.39 is 15.8 Å². The molecule has 158 valence electrons. The summed E-state index contributed by atoms with van der Waals surface area (Å²) < 4.78 is 51.7. The van der Waals surface area contributed by atoms with Crippen LogP contribution in [0.5, 0.6) is 5.75 Å². The highest BCUT2D eigenvalue weighted by atomic mass is 32.2. The first-order valence-electron chi connectivity index (χ1n) is 9.62. The molecule has 2 heterocycles. The van der Waals surface area contributed by atoms with Crippen molar-refractivity contribution in [1.29, 1.82) is 0 Å². The Kier molecular flexibility index (Phi) is 5.57. The van der Waals surface area contributed by atoms with E-state index in [4.69, 9.17) is 9.15 Å². The van der Waals surface area contributed by atoms with Crippen LogP contribution in [-0.2, 0) is 10.0 Å². The zero-order chi connectivity index (χ0) is 21.3. The molecule has 30 heavy (non-hydrogen) atoms. The number of rotatable bonds is 5. The molecule has 0 unspecified atom stereocenters. The van der Waals surface area contributed by atoms with Gasteiger partial charge in [0.2, 0.25) is 21.8 Å². The molecule has 1 aliphatic rings. The fraction of sp³-hybridized carbons (Fsp3) is 0.333. The number of hydrogen-bond donors (Lipinski definition) is 0. The summed E-state index contributed by atoms with van der Waals surface area (Å²) >= 11 is 0. The van der Waals surface area contributed by atoms with Gasteiger partial charge in [0.1, 0.15) is 11.6 Å². The Hall–Kier alpha value is -2.78. The number of aromatic nitrogens is 2. The molecule has 3 aromatic rings. The highest BCUT2D eigenvalue weighted by molar-refractivity contribution is 7.89. The number of sulfonamides is 1. The lowest BCUT2D eigenvalue weighted by Crippen LogP contribution is -2.38. The van der Waals surface area contributed by atoms with Gasteiger partial charge in [-0.05, 0) is 67.8 Å². The molecule has 0 N–H and O–H groups in total. The van der Waals surface area contributed by atoms with Crippen molar-refractivity contribution in [3.05, 3.63) is 59.7 Å². The summed E-state index contributed by atoms with van der Waals surface area (Å²) in [6, 6.07) is 11.2. The summed E-state index contributed by atoms with van der Waals surface area (Å²) in [5, 5.41) is 8.29. The molecule has 7 nitrogen and oxygen atoms in total. The maximum absolute atomic E-state index is 13.5. The number of methoxy groups -OCH3 is 1. The second-order valence-corrected chi connectivity index (χ2v) is 9.20. The summed E-state index contributed by atoms with van der Waals surface area (Å²) in [4.78, 5) is 0.111. The largest absolute Gasteiger partial charge is 0.497 e. The van der Waals surface area contributed by atoms with Crippen LogP contribution in [0, 0.1) is 12.7 Å². The van der Waals surface area contributed by atoms with Crippen LogP contribution in [0.25, 0.3) is 11.5 Å². The minimum Gasteiger partial charge on any atom is -0.497 e. The van der Waals surface area contributed by atoms with E-state index in [1.807, 2.05) is 24.3 Å². The van der Waals surface area contributed by atoms with Crippen LogP contribution in [0.2, 0.25) is 0 Å². The van der Waals surface area contributed by atoms with Crippen LogP contribution >= 0.6 is 0 Å². The van der Waals surface area contributed by atoms with Crippen LogP contribution in [0.1, 0.15) is 30.2 Å². The van der Waals surface area contributed by atoms with Gasteiger partial charge in [0.25, 0.3) is 0 Å². The first-order chi connectivity index (χ1) is 14.4. The number of benzene rings is 2. The van der Waals surface area contributed by atoms with Gasteiger partial charge in [-0.1, -0.05) is 0 Å². The third kappa shape index (κ3) is 3.95. The number of ether oxygens (including phenoxy) is 1. The molecule has 1 aromatic heterocycles. The smallest absolute Gasteiger partial charge is 0.247 e. The molecular weight excluding hydrogens is 409 g/mol. The Morgan fingerprint density at radius 3 is 2.43 bits per heavy atom. The fourth-order valence-corrected chi connectivity index (χ4v) is 5.08. The molecule has 1 aliphatic heterocycles. The Balaban J connectivity index is 1.44. The number of aryl methyl sites for hydroxylation is 1. The summed E-state index contributed by atoms with van der Waals surface area (Å²) in [5.41, 5.74) is 1.10. The molecule has 0 aliphatic carbocycles. The van der Waals surface area contributed by atoms with Gasteiger partial charge in [0.15, 0.2) is 0 Å². The summed E-state index contributed by atoms with van der Waals surface area (Å²) in [7, 11) is -2.06. The zero-order valence-corrected chi connectivity index (χ0v) is 17.5. The van der Waals surface area contributed by atoms with Gasteiger partial charge in [-0.3, -0.25) is 0 Å². The molecule has 0 bridgehead atoms. The molecule has 0 radical (unpaired) electrons. The van der Waals surface area contributed by atoms with Crippen LogP contribution in [0.15, 0.2) is 51.8 Å². The average molecular weight is 431 g/mol. The molecular formula is C21H22FN3O4S. The van der Waals surface area contributed by atoms with Crippen molar-refractivity contribution in [2.24, 2.45) is 0 Å². The van der Waals surface area contributed by atoms with Gasteiger partial charge in [-0.2, -0.15) is 4.31 Å². The Bertz CT molecular complexity index is 1140. The van der Waals surface area contributed by atoms with Crippen molar-refractivity contribution in [2.45, 2.75) is 30.6 Å². The second kappa shape index (κ2) is 8.16. The van der Waals surface area contributed by atoms with Crippen molar-refractivity contribution in [3.63, 3.8) is 0 Å². The lowest BCUT2D eigenvalue weighted by atomic mass is 9.98. The van der Waals surface area contributed by atoms with Crippen LogP contribution in [-0.4, -0.2) is 43.1 Å². The number of piperidine rings is 1. The van der Waals surface area contributed by atoms with Gasteiger partial charge < -0.3 is 9.15 Å². The second-order valence-electron chi connectivity index (χ2n) is 7.26. The van der Waals surface area contributed by atoms with Crippen molar-refractivity contribution in [1.82, 2.24) is 14.5 Å². The Labute approximate surface area is 174 Å². The highest BCUT2D eigenvalue weighted by Crippen LogP contribution is 2.32. The minimum absolute atomic E-state index is 0.00842. The highest BCUT2D eigenvalue weighted by Gasteiger charge is 2.32. The van der Waals surface area contributed by atoms with Crippen LogP contribution in [0.4, 0.5) is 4.39 Å². The fourth-order valence-electron chi connectivity index (χ4n) is 3.52. The molecule has 0 saturated carbocycles. The third-order valence-electron chi connectivity index (χ3n) is 5.35. The van der Waals surface area contributed by atoms with Gasteiger partial charge in [-0.15, -0.1) is 10.2 Å². The van der Waals surface area contributed by atoms with Gasteiger partial charge in [0.05, 0.1) is 12.0 Å². The van der Waals surface area contributed by atoms with E-state index >= 15 is 0 Å². The summed E-state index contributed by atoms with van der Waals surface area (Å²) in [5.74, 6) is 1.24. The van der Waals surface area contributed by atoms with Crippen LogP contribution in [0.3, 0.4) is 0 Å². The Morgan fingerprint density at radius 1 is 1.10 bits per heavy atom. The molecule has 0 atom stereocenters. The van der Waals surface area contributed by atoms with Gasteiger partial charge in [0, 0.05) is 24.6 Å². The predicted octanol–water partition coefficient (Wildman–Crippen LogP) is 3.76. The minimum atomic E-state index is -3.66. The third-order valence-corrected chi connectivity index (χ3v) is 7.24. The van der Waals surface area contributed by atoms with E-state index in [-0.39, 0.29) is 10.8 Å². The Morgan fingerprint density at radius 2 is 1.80 bits per heavy atom. The molecule has 9 heteroatoms. The molecule has 1 fully saturated rings. The van der Waals surface area contributed by atoms with Crippen molar-refractivity contribution >= 4 is 10.0 Å². The summed E-state index contributed by atoms with van der Waals surface area (Å²) in [6.45, 7) is 2.23. The predicted molar refractivity (Wildman–Crippen MR) is 108 cm³/mol. The maximum Gasteiger partial charge on any atom is 0.247 e. The molecule has 0 spiro atoms. The quantitative estimate of drug-likeness (QED) is 0.611. The first-order valence-corrected chi connectivity index (χ1v) is 11.1. The normalized spacial score (nSPS) is 16.0. The number of nitrogens with zero attached hydrogens (tertiary/aromatic N) is 3. The van der Waals surface area contributed by atoms with Gasteiger partial charge >= 0.3 is 0 Å². The molecule has 1 saturated heterocycles. The first kappa shape index (κ1) is 20.5. The monoisotopic (exact) mass is 431 g/mol. The van der Waals surface area contributed by atoms with Gasteiger partial charge in [-0.25, -0.2) is 12.8 Å². The molecule has 2 aromatic carbocycles. The molecule has 4 rings (SSSR count). The van der Waals surface area contributed by atoms with E-state index in [0.717, 1.165) is 11.3 Å². The SMILES string of the molecule is COc1ccc(-c2nnc(C3CCN(S(=O)(=O)c4ccc(F)c(C)c4)CC3)o2)cc1. The summed E-state index contributed by atoms with van der Waals surface area (Å²) in [6.07, 6.45) is 1.15. The van der Waals surface area contributed by atoms with E-state index in [1.54, 1.807) is 14.0 Å². The lowest BCUT2D eigenvalue weighted by Gasteiger charge is -2.29. The average Bonchev–Trinajstić information content (AvgIpc) is 3.26. The standard InChI is InChI=1S/C21H22FN3O4S/c1-14-13-18(7-8-19(14)22)30(26,27)25-11-9-16(10-12-25)21-24-23-20(29-21)15-3-5-17(28-2)6-4-15/h3-8,13,16H,9-12H2,1-2H3. The van der Waals surface area contributed by atoms with Crippen molar-refractivity contribution < 1.29 is 22.0 Å². The van der Waals surface area contributed by atoms with E-state index in [9.17, 15) is 12.8 Å². The number of halogens is 1. The van der Waals surface area contributed by atoms with Crippen molar-refractivity contribution in [2.75, 3.05) is 20.2 Å². The van der Waals surface area contributed by atoms with E-state index in [1.165, 1.54) is 22.5 Å². The lowest BCUT2D eigenvalue weighted by molar-refractivity contribution is 0.291. The zero-order valence-electron chi connectivity index (χ0n) is 16.7. The topological polar surface area (TPSA) is 85.5 Å². The van der Waals surface area contributed by atoms with E-state index in [0.29, 0.717) is 43.3 Å². The maximum atomic E-state index is 13.5. The van der Waals surface area contributed by atoms with Crippen molar-refractivity contribution in [3.8, 4) is 17.2 Å².